The Kier molecular flexibility index (Phi) is 3.73. The van der Waals surface area contributed by atoms with Gasteiger partial charge in [0, 0.05) is 12.1 Å². The number of urea groups is 1. The second-order valence-electron chi connectivity index (χ2n) is 4.78. The van der Waals surface area contributed by atoms with Crippen LogP contribution < -0.4 is 10.6 Å². The average Bonchev–Trinajstić information content (AvgIpc) is 3.12. The highest BCUT2D eigenvalue weighted by molar-refractivity contribution is 5.83. The first-order valence-electron chi connectivity index (χ1n) is 6.18. The van der Waals surface area contributed by atoms with Crippen LogP contribution in [0.3, 0.4) is 0 Å². The standard InChI is InChI=1S/C12H17N3O4/c1-6-9(7(2)19-15-6)5-13-12(18)14-10(11(16)17)8-3-4-8/h8,10H,3-5H2,1-2H3,(H,16,17)(H2,13,14,18). The Morgan fingerprint density at radius 2 is 2.16 bits per heavy atom. The minimum absolute atomic E-state index is 0.0577. The fraction of sp³-hybridized carbons (Fsp3) is 0.583. The highest BCUT2D eigenvalue weighted by Crippen LogP contribution is 2.32. The van der Waals surface area contributed by atoms with Gasteiger partial charge in [0.1, 0.15) is 11.8 Å². The van der Waals surface area contributed by atoms with E-state index in [1.807, 2.05) is 0 Å². The summed E-state index contributed by atoms with van der Waals surface area (Å²) < 4.78 is 4.98. The summed E-state index contributed by atoms with van der Waals surface area (Å²) in [4.78, 5) is 22.7. The van der Waals surface area contributed by atoms with Crippen LogP contribution in [0.25, 0.3) is 0 Å². The van der Waals surface area contributed by atoms with Gasteiger partial charge in [-0.05, 0) is 32.6 Å². The summed E-state index contributed by atoms with van der Waals surface area (Å²) in [5, 5.41) is 17.9. The fourth-order valence-corrected chi connectivity index (χ4v) is 1.93. The molecule has 1 unspecified atom stereocenters. The van der Waals surface area contributed by atoms with Crippen molar-refractivity contribution in [2.75, 3.05) is 0 Å². The molecule has 1 aliphatic rings. The minimum Gasteiger partial charge on any atom is -0.480 e. The number of amides is 2. The lowest BCUT2D eigenvalue weighted by Gasteiger charge is -2.14. The van der Waals surface area contributed by atoms with Gasteiger partial charge in [0.25, 0.3) is 0 Å². The highest BCUT2D eigenvalue weighted by Gasteiger charge is 2.37. The maximum atomic E-state index is 11.7. The van der Waals surface area contributed by atoms with Crippen LogP contribution in [-0.4, -0.2) is 28.3 Å². The van der Waals surface area contributed by atoms with Gasteiger partial charge in [-0.15, -0.1) is 0 Å². The van der Waals surface area contributed by atoms with Gasteiger partial charge in [0.15, 0.2) is 0 Å². The van der Waals surface area contributed by atoms with Crippen molar-refractivity contribution < 1.29 is 19.2 Å². The van der Waals surface area contributed by atoms with Crippen molar-refractivity contribution in [1.82, 2.24) is 15.8 Å². The maximum Gasteiger partial charge on any atom is 0.326 e. The predicted molar refractivity (Wildman–Crippen MR) is 65.5 cm³/mol. The largest absolute Gasteiger partial charge is 0.480 e. The van der Waals surface area contributed by atoms with Crippen LogP contribution in [0.15, 0.2) is 4.52 Å². The monoisotopic (exact) mass is 267 g/mol. The molecule has 0 saturated heterocycles. The number of hydrogen-bond acceptors (Lipinski definition) is 4. The molecule has 1 heterocycles. The molecule has 1 saturated carbocycles. The maximum absolute atomic E-state index is 11.7. The van der Waals surface area contributed by atoms with Gasteiger partial charge < -0.3 is 20.3 Å². The summed E-state index contributed by atoms with van der Waals surface area (Å²) >= 11 is 0. The lowest BCUT2D eigenvalue weighted by molar-refractivity contribution is -0.139. The molecule has 2 amide bonds. The Labute approximate surface area is 110 Å². The first kappa shape index (κ1) is 13.4. The molecule has 2 rings (SSSR count). The number of carboxylic acids is 1. The number of nitrogens with zero attached hydrogens (tertiary/aromatic N) is 1. The van der Waals surface area contributed by atoms with Gasteiger partial charge in [-0.1, -0.05) is 5.16 Å². The predicted octanol–water partition coefficient (Wildman–Crippen LogP) is 0.954. The van der Waals surface area contributed by atoms with Gasteiger partial charge >= 0.3 is 12.0 Å². The van der Waals surface area contributed by atoms with Crippen molar-refractivity contribution in [3.8, 4) is 0 Å². The van der Waals surface area contributed by atoms with Gasteiger partial charge in [-0.2, -0.15) is 0 Å². The number of carbonyl (C=O) groups excluding carboxylic acids is 1. The molecule has 1 atom stereocenters. The normalized spacial score (nSPS) is 15.9. The van der Waals surface area contributed by atoms with E-state index in [9.17, 15) is 9.59 Å². The third-order valence-corrected chi connectivity index (χ3v) is 3.25. The van der Waals surface area contributed by atoms with Crippen LogP contribution in [0.4, 0.5) is 4.79 Å². The summed E-state index contributed by atoms with van der Waals surface area (Å²) in [6, 6.07) is -1.29. The molecule has 1 aliphatic carbocycles. The van der Waals surface area contributed by atoms with Crippen molar-refractivity contribution in [3.63, 3.8) is 0 Å². The topological polar surface area (TPSA) is 104 Å². The molecule has 0 spiro atoms. The quantitative estimate of drug-likeness (QED) is 0.736. The van der Waals surface area contributed by atoms with Gasteiger partial charge in [0.05, 0.1) is 5.69 Å². The lowest BCUT2D eigenvalue weighted by Crippen LogP contribution is -2.47. The molecular formula is C12H17N3O4. The second kappa shape index (κ2) is 5.29. The molecule has 0 bridgehead atoms. The lowest BCUT2D eigenvalue weighted by atomic mass is 10.2. The van der Waals surface area contributed by atoms with Crippen LogP contribution in [-0.2, 0) is 11.3 Å². The van der Waals surface area contributed by atoms with E-state index in [-0.39, 0.29) is 12.5 Å². The molecule has 1 aromatic heterocycles. The first-order chi connectivity index (χ1) is 8.99. The molecule has 0 radical (unpaired) electrons. The molecule has 1 fully saturated rings. The van der Waals surface area contributed by atoms with E-state index < -0.39 is 18.0 Å². The van der Waals surface area contributed by atoms with E-state index in [2.05, 4.69) is 15.8 Å². The summed E-state index contributed by atoms with van der Waals surface area (Å²) in [7, 11) is 0. The zero-order chi connectivity index (χ0) is 14.0. The Balaban J connectivity index is 1.86. The number of carbonyl (C=O) groups is 2. The SMILES string of the molecule is Cc1noc(C)c1CNC(=O)NC(C(=O)O)C1CC1. The van der Waals surface area contributed by atoms with Crippen LogP contribution in [0.1, 0.15) is 29.9 Å². The van der Waals surface area contributed by atoms with E-state index in [1.165, 1.54) is 0 Å². The first-order valence-corrected chi connectivity index (χ1v) is 6.18. The molecule has 7 nitrogen and oxygen atoms in total. The molecule has 0 aliphatic heterocycles. The van der Waals surface area contributed by atoms with Crippen molar-refractivity contribution >= 4 is 12.0 Å². The molecule has 1 aromatic rings. The van der Waals surface area contributed by atoms with E-state index >= 15 is 0 Å². The Morgan fingerprint density at radius 1 is 1.47 bits per heavy atom. The van der Waals surface area contributed by atoms with E-state index in [1.54, 1.807) is 13.8 Å². The van der Waals surface area contributed by atoms with E-state index in [4.69, 9.17) is 9.63 Å². The number of aliphatic carboxylic acids is 1. The minimum atomic E-state index is -0.991. The number of nitrogens with one attached hydrogen (secondary N) is 2. The number of aryl methyl sites for hydroxylation is 2. The second-order valence-corrected chi connectivity index (χ2v) is 4.78. The zero-order valence-electron chi connectivity index (χ0n) is 10.9. The average molecular weight is 267 g/mol. The number of aromatic nitrogens is 1. The molecule has 7 heteroatoms. The molecular weight excluding hydrogens is 250 g/mol. The molecule has 0 aromatic carbocycles. The summed E-state index contributed by atoms with van der Waals surface area (Å²) in [5.41, 5.74) is 1.53. The molecule has 3 N–H and O–H groups in total. The van der Waals surface area contributed by atoms with Crippen LogP contribution in [0.5, 0.6) is 0 Å². The van der Waals surface area contributed by atoms with Gasteiger partial charge in [-0.25, -0.2) is 9.59 Å². The van der Waals surface area contributed by atoms with Gasteiger partial charge in [-0.3, -0.25) is 0 Å². The summed E-state index contributed by atoms with van der Waals surface area (Å²) in [6.07, 6.45) is 1.70. The van der Waals surface area contributed by atoms with Crippen molar-refractivity contribution in [2.45, 2.75) is 39.3 Å². The Morgan fingerprint density at radius 3 is 2.63 bits per heavy atom. The zero-order valence-corrected chi connectivity index (χ0v) is 10.9. The summed E-state index contributed by atoms with van der Waals surface area (Å²) in [6.45, 7) is 3.82. The van der Waals surface area contributed by atoms with Crippen LogP contribution in [0, 0.1) is 19.8 Å². The molecule has 104 valence electrons. The Hall–Kier alpha value is -2.05. The third kappa shape index (κ3) is 3.24. The number of hydrogen-bond donors (Lipinski definition) is 3. The van der Waals surface area contributed by atoms with Crippen molar-refractivity contribution in [2.24, 2.45) is 5.92 Å². The fourth-order valence-electron chi connectivity index (χ4n) is 1.93. The van der Waals surface area contributed by atoms with Crippen LogP contribution in [0.2, 0.25) is 0 Å². The number of rotatable bonds is 5. The van der Waals surface area contributed by atoms with E-state index in [0.717, 1.165) is 24.1 Å². The van der Waals surface area contributed by atoms with E-state index in [0.29, 0.717) is 5.76 Å². The molecule has 19 heavy (non-hydrogen) atoms. The van der Waals surface area contributed by atoms with Gasteiger partial charge in [0.2, 0.25) is 0 Å². The third-order valence-electron chi connectivity index (χ3n) is 3.25. The van der Waals surface area contributed by atoms with Crippen molar-refractivity contribution in [1.29, 1.82) is 0 Å². The smallest absolute Gasteiger partial charge is 0.326 e. The highest BCUT2D eigenvalue weighted by atomic mass is 16.5. The van der Waals surface area contributed by atoms with Crippen molar-refractivity contribution in [3.05, 3.63) is 17.0 Å². The van der Waals surface area contributed by atoms with Crippen LogP contribution >= 0.6 is 0 Å². The number of carboxylic acid groups (broad SMARTS) is 1. The summed E-state index contributed by atoms with van der Waals surface area (Å²) in [5.74, 6) is -0.285. The Bertz CT molecular complexity index is 474.